The van der Waals surface area contributed by atoms with Crippen LogP contribution in [-0.2, 0) is 28.5 Å². The fourth-order valence-corrected chi connectivity index (χ4v) is 2.22. The highest BCUT2D eigenvalue weighted by molar-refractivity contribution is 5.85. The molecular weight excluding hydrogens is 300 g/mol. The zero-order chi connectivity index (χ0) is 16.9. The molecule has 2 rings (SSSR count). The molecule has 0 amide bonds. The topological polar surface area (TPSA) is 71.1 Å². The van der Waals surface area contributed by atoms with E-state index in [1.807, 2.05) is 30.3 Å². The van der Waals surface area contributed by atoms with Gasteiger partial charge in [-0.3, -0.25) is 4.79 Å². The molecule has 0 aliphatic carbocycles. The van der Waals surface area contributed by atoms with Gasteiger partial charge in [0.25, 0.3) is 5.79 Å². The SMILES string of the molecule is COC1=CC(=O)OC(C=Cc2ccccc2)(OC)C1OC(C)=O. The van der Waals surface area contributed by atoms with Gasteiger partial charge >= 0.3 is 11.9 Å². The largest absolute Gasteiger partial charge is 0.497 e. The molecule has 0 saturated carbocycles. The fraction of sp³-hybridized carbons (Fsp3) is 0.294. The molecular formula is C17H18O6. The third-order valence-corrected chi connectivity index (χ3v) is 3.29. The Morgan fingerprint density at radius 1 is 1.26 bits per heavy atom. The van der Waals surface area contributed by atoms with E-state index in [-0.39, 0.29) is 5.76 Å². The fourth-order valence-electron chi connectivity index (χ4n) is 2.22. The van der Waals surface area contributed by atoms with Crippen molar-refractivity contribution in [3.8, 4) is 0 Å². The maximum absolute atomic E-state index is 11.8. The van der Waals surface area contributed by atoms with Gasteiger partial charge in [0.1, 0.15) is 0 Å². The summed E-state index contributed by atoms with van der Waals surface area (Å²) in [5.74, 6) is -2.65. The Hall–Kier alpha value is -2.60. The monoisotopic (exact) mass is 318 g/mol. The Kier molecular flexibility index (Phi) is 5.18. The highest BCUT2D eigenvalue weighted by Gasteiger charge is 2.49. The molecule has 2 unspecified atom stereocenters. The van der Waals surface area contributed by atoms with Crippen molar-refractivity contribution in [2.45, 2.75) is 18.8 Å². The van der Waals surface area contributed by atoms with E-state index in [0.717, 1.165) is 11.6 Å². The highest BCUT2D eigenvalue weighted by atomic mass is 16.7. The molecule has 0 bridgehead atoms. The number of benzene rings is 1. The molecule has 0 spiro atoms. The predicted octanol–water partition coefficient (Wildman–Crippen LogP) is 2.06. The van der Waals surface area contributed by atoms with Gasteiger partial charge in [-0.1, -0.05) is 36.4 Å². The predicted molar refractivity (Wildman–Crippen MR) is 82.0 cm³/mol. The first-order valence-corrected chi connectivity index (χ1v) is 6.96. The van der Waals surface area contributed by atoms with Gasteiger partial charge in [-0.25, -0.2) is 4.79 Å². The van der Waals surface area contributed by atoms with Crippen molar-refractivity contribution in [2.75, 3.05) is 14.2 Å². The van der Waals surface area contributed by atoms with E-state index >= 15 is 0 Å². The van der Waals surface area contributed by atoms with Crippen LogP contribution in [0.2, 0.25) is 0 Å². The second kappa shape index (κ2) is 7.11. The molecule has 0 fully saturated rings. The third-order valence-electron chi connectivity index (χ3n) is 3.29. The van der Waals surface area contributed by atoms with E-state index in [1.165, 1.54) is 27.2 Å². The zero-order valence-corrected chi connectivity index (χ0v) is 13.1. The van der Waals surface area contributed by atoms with Gasteiger partial charge in [0.2, 0.25) is 6.10 Å². The van der Waals surface area contributed by atoms with Crippen LogP contribution in [0.15, 0.2) is 48.2 Å². The Bertz CT molecular complexity index is 634. The molecule has 0 radical (unpaired) electrons. The van der Waals surface area contributed by atoms with Crippen LogP contribution < -0.4 is 0 Å². The van der Waals surface area contributed by atoms with Gasteiger partial charge in [0.15, 0.2) is 5.76 Å². The average molecular weight is 318 g/mol. The summed E-state index contributed by atoms with van der Waals surface area (Å²) < 4.78 is 21.1. The van der Waals surface area contributed by atoms with Crippen LogP contribution in [0.5, 0.6) is 0 Å². The minimum Gasteiger partial charge on any atom is -0.497 e. The van der Waals surface area contributed by atoms with Crippen molar-refractivity contribution < 1.29 is 28.5 Å². The van der Waals surface area contributed by atoms with Crippen molar-refractivity contribution in [3.05, 3.63) is 53.8 Å². The van der Waals surface area contributed by atoms with Crippen molar-refractivity contribution in [2.24, 2.45) is 0 Å². The molecule has 0 aromatic heterocycles. The normalized spacial score (nSPS) is 24.0. The number of cyclic esters (lactones) is 1. The van der Waals surface area contributed by atoms with E-state index in [9.17, 15) is 9.59 Å². The number of carbonyl (C=O) groups excluding carboxylic acids is 2. The number of carbonyl (C=O) groups is 2. The van der Waals surface area contributed by atoms with Crippen LogP contribution in [0, 0.1) is 0 Å². The van der Waals surface area contributed by atoms with Gasteiger partial charge < -0.3 is 18.9 Å². The molecule has 1 aliphatic rings. The Balaban J connectivity index is 2.42. The summed E-state index contributed by atoms with van der Waals surface area (Å²) in [5, 5.41) is 0. The first kappa shape index (κ1) is 16.8. The number of ether oxygens (including phenoxy) is 4. The third kappa shape index (κ3) is 3.78. The van der Waals surface area contributed by atoms with Crippen molar-refractivity contribution in [1.29, 1.82) is 0 Å². The summed E-state index contributed by atoms with van der Waals surface area (Å²) in [7, 11) is 2.74. The molecule has 2 atom stereocenters. The van der Waals surface area contributed by atoms with Gasteiger partial charge in [0, 0.05) is 14.0 Å². The standard InChI is InChI=1S/C17H18O6/c1-12(18)22-16-14(20-2)11-15(19)23-17(16,21-3)10-9-13-7-5-4-6-8-13/h4-11,16H,1-3H3. The Morgan fingerprint density at radius 3 is 2.52 bits per heavy atom. The molecule has 0 saturated heterocycles. The van der Waals surface area contributed by atoms with Gasteiger partial charge in [0.05, 0.1) is 13.2 Å². The van der Waals surface area contributed by atoms with Crippen LogP contribution in [0.3, 0.4) is 0 Å². The Morgan fingerprint density at radius 2 is 1.96 bits per heavy atom. The van der Waals surface area contributed by atoms with Crippen LogP contribution in [-0.4, -0.2) is 38.0 Å². The molecule has 122 valence electrons. The number of esters is 2. The summed E-state index contributed by atoms with van der Waals surface area (Å²) in [6, 6.07) is 9.38. The summed E-state index contributed by atoms with van der Waals surface area (Å²) in [5.41, 5.74) is 0.870. The second-order valence-electron chi connectivity index (χ2n) is 4.83. The summed E-state index contributed by atoms with van der Waals surface area (Å²) in [6.07, 6.45) is 3.33. The highest BCUT2D eigenvalue weighted by Crippen LogP contribution is 2.33. The van der Waals surface area contributed by atoms with Gasteiger partial charge in [-0.2, -0.15) is 0 Å². The molecule has 1 heterocycles. The minimum atomic E-state index is -1.60. The second-order valence-corrected chi connectivity index (χ2v) is 4.83. The van der Waals surface area contributed by atoms with E-state index in [2.05, 4.69) is 0 Å². The lowest BCUT2D eigenvalue weighted by molar-refractivity contribution is -0.241. The van der Waals surface area contributed by atoms with Crippen molar-refractivity contribution in [1.82, 2.24) is 0 Å². The van der Waals surface area contributed by atoms with Crippen LogP contribution in [0.1, 0.15) is 12.5 Å². The molecule has 1 aromatic carbocycles. The van der Waals surface area contributed by atoms with E-state index < -0.39 is 23.8 Å². The molecule has 1 aromatic rings. The van der Waals surface area contributed by atoms with Crippen molar-refractivity contribution in [3.63, 3.8) is 0 Å². The maximum atomic E-state index is 11.8. The lowest BCUT2D eigenvalue weighted by atomic mass is 10.0. The number of rotatable bonds is 5. The van der Waals surface area contributed by atoms with E-state index in [4.69, 9.17) is 18.9 Å². The smallest absolute Gasteiger partial charge is 0.337 e. The first-order chi connectivity index (χ1) is 11.0. The minimum absolute atomic E-state index is 0.149. The first-order valence-electron chi connectivity index (χ1n) is 6.96. The molecule has 0 N–H and O–H groups in total. The lowest BCUT2D eigenvalue weighted by Gasteiger charge is -2.38. The molecule has 6 heteroatoms. The lowest BCUT2D eigenvalue weighted by Crippen LogP contribution is -2.52. The number of hydrogen-bond acceptors (Lipinski definition) is 6. The molecule has 1 aliphatic heterocycles. The van der Waals surface area contributed by atoms with Crippen LogP contribution in [0.25, 0.3) is 6.08 Å². The number of hydrogen-bond donors (Lipinski definition) is 0. The quantitative estimate of drug-likeness (QED) is 0.774. The molecule has 23 heavy (non-hydrogen) atoms. The summed E-state index contributed by atoms with van der Waals surface area (Å²) >= 11 is 0. The maximum Gasteiger partial charge on any atom is 0.337 e. The zero-order valence-electron chi connectivity index (χ0n) is 13.1. The Labute approximate surface area is 134 Å². The van der Waals surface area contributed by atoms with E-state index in [1.54, 1.807) is 6.08 Å². The van der Waals surface area contributed by atoms with Gasteiger partial charge in [-0.05, 0) is 11.6 Å². The molecule has 6 nitrogen and oxygen atoms in total. The summed E-state index contributed by atoms with van der Waals surface area (Å²) in [6.45, 7) is 1.25. The number of methoxy groups -OCH3 is 2. The average Bonchev–Trinajstić information content (AvgIpc) is 2.55. The van der Waals surface area contributed by atoms with Crippen LogP contribution >= 0.6 is 0 Å². The van der Waals surface area contributed by atoms with Crippen molar-refractivity contribution >= 4 is 18.0 Å². The summed E-state index contributed by atoms with van der Waals surface area (Å²) in [4.78, 5) is 23.2. The van der Waals surface area contributed by atoms with Crippen LogP contribution in [0.4, 0.5) is 0 Å². The van der Waals surface area contributed by atoms with Gasteiger partial charge in [-0.15, -0.1) is 0 Å². The van der Waals surface area contributed by atoms with E-state index in [0.29, 0.717) is 0 Å².